The lowest BCUT2D eigenvalue weighted by Crippen LogP contribution is -2.04. The van der Waals surface area contributed by atoms with Gasteiger partial charge in [-0.3, -0.25) is 4.79 Å². The average molecular weight is 1600 g/mol. The zero-order valence-corrected chi connectivity index (χ0v) is 59.0. The molecule has 1 N–H and O–H groups in total. The molecule has 0 bridgehead atoms. The van der Waals surface area contributed by atoms with Crippen molar-refractivity contribution in [3.05, 3.63) is 312 Å². The predicted molar refractivity (Wildman–Crippen MR) is 409 cm³/mol. The summed E-state index contributed by atoms with van der Waals surface area (Å²) in [4.78, 5) is 16.8. The van der Waals surface area contributed by atoms with Crippen LogP contribution >= 0.6 is 99.2 Å². The highest BCUT2D eigenvalue weighted by molar-refractivity contribution is 14.1. The number of fused-ring (bicyclic) bond motifs is 9. The van der Waals surface area contributed by atoms with Gasteiger partial charge in [0.1, 0.15) is 11.9 Å². The van der Waals surface area contributed by atoms with Crippen LogP contribution in [0.25, 0.3) is 75.2 Å². The molecular weight excluding hydrogens is 1540 g/mol. The van der Waals surface area contributed by atoms with Gasteiger partial charge in [0, 0.05) is 95.0 Å². The topological polar surface area (TPSA) is 89.9 Å². The fourth-order valence-electron chi connectivity index (χ4n) is 11.6. The summed E-state index contributed by atoms with van der Waals surface area (Å²) in [6, 6.07) is 95.3. The van der Waals surface area contributed by atoms with Crippen molar-refractivity contribution in [2.24, 2.45) is 0 Å². The first-order valence-corrected chi connectivity index (χ1v) is 37.9. The first-order chi connectivity index (χ1) is 44.3. The number of carbonyl (C=O) groups is 1. The van der Waals surface area contributed by atoms with Crippen LogP contribution < -0.4 is 9.47 Å². The third kappa shape index (κ3) is 13.2. The highest BCUT2D eigenvalue weighted by atomic mass is 127. The first kappa shape index (κ1) is 62.3. The molecule has 3 aromatic heterocycles. The van der Waals surface area contributed by atoms with Gasteiger partial charge in [0.05, 0.1) is 21.3 Å². The SMILES string of the molecule is COc1cc(C(C)Oc2ccc(-[s+]3c4ccccc4c4ccccc43)cc2)cc(I)c1O.O=C(Cc1ccc(I)cc1)c1ccc(-[s+]2c3ccccc3c3ccccc32)cc1.O=S(=O)(Cc1ccc(I)cc1)c1ccc(-[s+]2c3ccccc3c3ccccc32)cc1. The maximum Gasteiger partial charge on any atom is 0.187 e. The summed E-state index contributed by atoms with van der Waals surface area (Å²) in [6.07, 6.45) is 0.257. The third-order valence-corrected chi connectivity index (χ3v) is 27.0. The van der Waals surface area contributed by atoms with Crippen LogP contribution in [0.1, 0.15) is 40.1 Å². The van der Waals surface area contributed by atoms with Gasteiger partial charge < -0.3 is 14.6 Å². The van der Waals surface area contributed by atoms with E-state index in [0.29, 0.717) is 17.1 Å². The van der Waals surface area contributed by atoms with Crippen LogP contribution in [0.3, 0.4) is 0 Å². The summed E-state index contributed by atoms with van der Waals surface area (Å²) in [7, 11) is -2.27. The Kier molecular flexibility index (Phi) is 18.7. The number of phenolic OH excluding ortho intramolecular Hbond substituents is 1. The van der Waals surface area contributed by atoms with Crippen LogP contribution in [0.4, 0.5) is 0 Å². The van der Waals surface area contributed by atoms with E-state index in [4.69, 9.17) is 9.47 Å². The lowest BCUT2D eigenvalue weighted by atomic mass is 10.0. The number of phenols is 1. The molecule has 0 aliphatic rings. The van der Waals surface area contributed by atoms with E-state index in [1.165, 1.54) is 73.9 Å². The molecule has 15 rings (SSSR count). The summed E-state index contributed by atoms with van der Waals surface area (Å²) >= 11 is 6.60. The maximum atomic E-state index is 12.9. The Morgan fingerprint density at radius 1 is 0.451 bits per heavy atom. The third-order valence-electron chi connectivity index (χ3n) is 16.0. The van der Waals surface area contributed by atoms with Crippen LogP contribution in [0.15, 0.2) is 284 Å². The zero-order chi connectivity index (χ0) is 62.8. The molecule has 0 saturated heterocycles. The highest BCUT2D eigenvalue weighted by Crippen LogP contribution is 2.51. The molecule has 0 radical (unpaired) electrons. The van der Waals surface area contributed by atoms with Crippen molar-refractivity contribution < 1.29 is 27.8 Å². The molecule has 448 valence electrons. The van der Waals surface area contributed by atoms with Crippen molar-refractivity contribution in [3.63, 3.8) is 0 Å². The number of rotatable bonds is 13. The molecule has 1 atom stereocenters. The van der Waals surface area contributed by atoms with Crippen LogP contribution in [-0.2, 0) is 22.0 Å². The van der Waals surface area contributed by atoms with Gasteiger partial charge in [-0.25, -0.2) is 8.42 Å². The fourth-order valence-corrected chi connectivity index (χ4v) is 21.4. The van der Waals surface area contributed by atoms with Gasteiger partial charge in [0.25, 0.3) is 0 Å². The van der Waals surface area contributed by atoms with Crippen molar-refractivity contribution in [1.82, 2.24) is 0 Å². The second-order valence-electron chi connectivity index (χ2n) is 21.8. The zero-order valence-electron chi connectivity index (χ0n) is 49.3. The van der Waals surface area contributed by atoms with Crippen LogP contribution in [0, 0.1) is 10.7 Å². The Morgan fingerprint density at radius 2 is 0.802 bits per heavy atom. The largest absolute Gasteiger partial charge is 0.504 e. The molecule has 13 heteroatoms. The minimum atomic E-state index is -3.39. The number of benzene rings is 12. The normalized spacial score (nSPS) is 11.8. The van der Waals surface area contributed by atoms with Crippen molar-refractivity contribution >= 4 is 175 Å². The predicted octanol–water partition coefficient (Wildman–Crippen LogP) is 23.3. The van der Waals surface area contributed by atoms with E-state index in [9.17, 15) is 18.3 Å². The highest BCUT2D eigenvalue weighted by Gasteiger charge is 2.27. The Balaban J connectivity index is 0.000000125. The van der Waals surface area contributed by atoms with Gasteiger partial charge in [0.15, 0.2) is 70.0 Å². The van der Waals surface area contributed by atoms with Crippen molar-refractivity contribution in [1.29, 1.82) is 0 Å². The molecule has 0 saturated carbocycles. The van der Waals surface area contributed by atoms with E-state index in [1.54, 1.807) is 19.2 Å². The molecule has 12 aromatic carbocycles. The molecule has 0 amide bonds. The molecule has 15 aromatic rings. The summed E-state index contributed by atoms with van der Waals surface area (Å²) in [5.41, 5.74) is 3.59. The number of methoxy groups -OCH3 is 1. The van der Waals surface area contributed by atoms with Crippen LogP contribution in [-0.4, -0.2) is 26.4 Å². The second kappa shape index (κ2) is 27.4. The van der Waals surface area contributed by atoms with Crippen LogP contribution in [0.5, 0.6) is 17.2 Å². The minimum Gasteiger partial charge on any atom is -0.504 e. The number of hydrogen-bond donors (Lipinski definition) is 1. The van der Waals surface area contributed by atoms with Crippen molar-refractivity contribution in [2.75, 3.05) is 7.11 Å². The number of ketones is 1. The number of aromatic hydroxyl groups is 1. The van der Waals surface area contributed by atoms with Gasteiger partial charge >= 0.3 is 0 Å². The molecule has 1 unspecified atom stereocenters. The quantitative estimate of drug-likeness (QED) is 0.0703. The summed E-state index contributed by atoms with van der Waals surface area (Å²) < 4.78 is 48.4. The number of halogens is 3. The Hall–Kier alpha value is -7.49. The summed E-state index contributed by atoms with van der Waals surface area (Å²) in [5, 5.41) is 17.9. The minimum absolute atomic E-state index is 0.0145. The Morgan fingerprint density at radius 3 is 1.19 bits per heavy atom. The van der Waals surface area contributed by atoms with Crippen molar-refractivity contribution in [3.8, 4) is 31.9 Å². The van der Waals surface area contributed by atoms with E-state index in [1.807, 2.05) is 104 Å². The van der Waals surface area contributed by atoms with E-state index >= 15 is 0 Å². The second-order valence-corrected chi connectivity index (χ2v) is 33.3. The molecular formula is C78H58I3O6S4+3. The maximum absolute atomic E-state index is 12.9. The monoisotopic (exact) mass is 1600 g/mol. The smallest absolute Gasteiger partial charge is 0.187 e. The number of hydrogen-bond acceptors (Lipinski definition) is 6. The van der Waals surface area contributed by atoms with Gasteiger partial charge in [-0.1, -0.05) is 97.1 Å². The number of ether oxygens (including phenoxy) is 2. The number of carbonyl (C=O) groups excluding carboxylic acids is 1. The lowest BCUT2D eigenvalue weighted by Gasteiger charge is -2.17. The standard InChI is InChI=1S/C27H21IO3S.C26H18IOS.C25H18IO2S2/c1-17(18-15-23(28)27(29)24(16-18)30-2)31-19-11-13-20(14-12-19)32-25-9-5-3-7-21(25)22-8-4-6-10-26(22)32;27-20-13-9-18(10-14-20)17-24(28)19-11-15-21(16-12-19)29-25-7-3-1-5-22(25)23-6-2-4-8-26(23)29;26-19-11-9-18(10-12-19)17-30(27,28)21-15-13-20(14-16-21)29-24-7-3-1-5-22(24)23-6-2-4-8-25(23)29/h3-17H,1-2H3;1-16H,17H2;1-16H,17H2/q;2*+1/p+1. The summed E-state index contributed by atoms with van der Waals surface area (Å²) in [6.45, 7) is 2.00. The molecule has 0 aliphatic heterocycles. The van der Waals surface area contributed by atoms with E-state index < -0.39 is 9.84 Å². The number of sulfone groups is 1. The number of thiophene rings is 3. The molecule has 0 fully saturated rings. The Labute approximate surface area is 578 Å². The molecule has 0 aliphatic carbocycles. The van der Waals surface area contributed by atoms with Gasteiger partial charge in [-0.2, -0.15) is 0 Å². The molecule has 0 spiro atoms. The fraction of sp³-hybridized carbons (Fsp3) is 0.0641. The van der Waals surface area contributed by atoms with E-state index in [0.717, 1.165) is 40.0 Å². The molecule has 3 heterocycles. The molecule has 6 nitrogen and oxygen atoms in total. The van der Waals surface area contributed by atoms with E-state index in [2.05, 4.69) is 238 Å². The first-order valence-electron chi connectivity index (χ1n) is 29.4. The van der Waals surface area contributed by atoms with Crippen molar-refractivity contribution in [2.45, 2.75) is 30.1 Å². The summed E-state index contributed by atoms with van der Waals surface area (Å²) in [5.74, 6) is 1.60. The Bertz CT molecular complexity index is 5110. The van der Waals surface area contributed by atoms with Gasteiger partial charge in [-0.05, 0) is 261 Å². The van der Waals surface area contributed by atoms with Crippen LogP contribution in [0.2, 0.25) is 0 Å². The average Bonchev–Trinajstić information content (AvgIpc) is 1.64. The number of Topliss-reactive ketones (excluding diaryl/α,β-unsaturated/α-hetero) is 1. The van der Waals surface area contributed by atoms with Gasteiger partial charge in [-0.15, -0.1) is 0 Å². The molecule has 91 heavy (non-hydrogen) atoms. The van der Waals surface area contributed by atoms with Gasteiger partial charge in [0.2, 0.25) is 0 Å². The lowest BCUT2D eigenvalue weighted by molar-refractivity contribution is 0.0993. The van der Waals surface area contributed by atoms with E-state index in [-0.39, 0.29) is 54.8 Å².